The lowest BCUT2D eigenvalue weighted by Gasteiger charge is -2.42. The van der Waals surface area contributed by atoms with Crippen molar-refractivity contribution >= 4 is 159 Å². The predicted molar refractivity (Wildman–Crippen MR) is 430 cm³/mol. The Balaban J connectivity index is 0.837. The van der Waals surface area contributed by atoms with E-state index in [0.29, 0.717) is 11.5 Å². The van der Waals surface area contributed by atoms with Gasteiger partial charge in [0.1, 0.15) is 57.5 Å². The molecule has 0 saturated carbocycles. The Morgan fingerprint density at radius 1 is 0.272 bits per heavy atom. The fourth-order valence-corrected chi connectivity index (χ4v) is 18.7. The molecular weight excluding hydrogens is 1300 g/mol. The van der Waals surface area contributed by atoms with Crippen molar-refractivity contribution < 1.29 is 23.7 Å². The number of fused-ring (bicyclic) bond motifs is 12. The van der Waals surface area contributed by atoms with Crippen LogP contribution in [0.3, 0.4) is 0 Å². The van der Waals surface area contributed by atoms with Crippen LogP contribution in [0.1, 0.15) is 56.9 Å². The van der Waals surface area contributed by atoms with E-state index in [1.807, 2.05) is 22.7 Å². The van der Waals surface area contributed by atoms with Gasteiger partial charge in [-0.25, -0.2) is 0 Å². The second kappa shape index (κ2) is 23.2. The first-order valence-corrected chi connectivity index (χ1v) is 37.0. The molecule has 0 unspecified atom stereocenters. The second-order valence-corrected chi connectivity index (χ2v) is 31.8. The van der Waals surface area contributed by atoms with Crippen molar-refractivity contribution in [1.82, 2.24) is 0 Å². The van der Waals surface area contributed by atoms with E-state index >= 15 is 0 Å². The maximum Gasteiger partial charge on any atom is 0.273 e. The average Bonchev–Trinajstić information content (AvgIpc) is 1.59. The summed E-state index contributed by atoms with van der Waals surface area (Å²) in [7, 11) is 0. The molecule has 8 heterocycles. The lowest BCUT2D eigenvalue weighted by molar-refractivity contribution is 0.452. The SMILES string of the molecule is Cc1ccccc1N1c2cc3c(cc2B2c4sc(C(C)(C)C)cc4Oc4cc(N(c5ccccc5)c5ccccc5)cc1c42)B1c2cc4c(cc2Oc2cc(N(c5ccccc5)c5ccccc5)cc(c21)O3)Oc1cc(N(c2ccccc2)c2ccccc2)cc2c1B4c1sc(C(C)(C)C)cc1O2. The molecule has 494 valence electrons. The van der Waals surface area contributed by atoms with Crippen molar-refractivity contribution in [2.75, 3.05) is 19.6 Å². The molecule has 6 aliphatic heterocycles. The van der Waals surface area contributed by atoms with E-state index in [2.05, 4.69) is 347 Å². The first-order chi connectivity index (χ1) is 50.2. The summed E-state index contributed by atoms with van der Waals surface area (Å²) in [5.41, 5.74) is 20.2. The van der Waals surface area contributed by atoms with Crippen LogP contribution in [0.5, 0.6) is 57.5 Å². The number of anilines is 12. The van der Waals surface area contributed by atoms with Crippen LogP contribution in [-0.4, -0.2) is 20.1 Å². The molecule has 0 bridgehead atoms. The molecule has 0 aliphatic carbocycles. The first kappa shape index (κ1) is 61.3. The lowest BCUT2D eigenvalue weighted by atomic mass is 9.31. The van der Waals surface area contributed by atoms with Crippen LogP contribution in [0.15, 0.2) is 279 Å². The van der Waals surface area contributed by atoms with Crippen LogP contribution in [0, 0.1) is 6.92 Å². The van der Waals surface area contributed by atoms with Crippen LogP contribution in [0.25, 0.3) is 0 Å². The van der Waals surface area contributed by atoms with Gasteiger partial charge in [-0.2, -0.15) is 0 Å². The van der Waals surface area contributed by atoms with Crippen molar-refractivity contribution in [3.05, 3.63) is 294 Å². The van der Waals surface area contributed by atoms with Crippen molar-refractivity contribution in [2.45, 2.75) is 59.3 Å². The Hall–Kier alpha value is -11.6. The highest BCUT2D eigenvalue weighted by Crippen LogP contribution is 2.52. The highest BCUT2D eigenvalue weighted by molar-refractivity contribution is 7.29. The van der Waals surface area contributed by atoms with E-state index in [9.17, 15) is 0 Å². The van der Waals surface area contributed by atoms with Gasteiger partial charge in [0.15, 0.2) is 0 Å². The van der Waals surface area contributed by atoms with E-state index in [-0.39, 0.29) is 31.0 Å². The molecule has 0 N–H and O–H groups in total. The van der Waals surface area contributed by atoms with Gasteiger partial charge in [0.05, 0.1) is 17.1 Å². The Bertz CT molecular complexity index is 5650. The van der Waals surface area contributed by atoms with Crippen LogP contribution in [0.4, 0.5) is 68.2 Å². The van der Waals surface area contributed by atoms with Gasteiger partial charge in [0, 0.05) is 124 Å². The van der Waals surface area contributed by atoms with Crippen LogP contribution < -0.4 is 91.1 Å². The molecule has 20 rings (SSSR count). The molecule has 12 aromatic carbocycles. The van der Waals surface area contributed by atoms with E-state index in [4.69, 9.17) is 23.7 Å². The van der Waals surface area contributed by atoms with Crippen molar-refractivity contribution in [3.63, 3.8) is 0 Å². The Kier molecular flexibility index (Phi) is 13.8. The van der Waals surface area contributed by atoms with Gasteiger partial charge in [-0.05, 0) is 148 Å². The number of benzene rings is 12. The zero-order valence-electron chi connectivity index (χ0n) is 57.9. The number of hydrogen-bond donors (Lipinski definition) is 0. The third-order valence-corrected chi connectivity index (χ3v) is 24.2. The molecule has 0 radical (unpaired) electrons. The summed E-state index contributed by atoms with van der Waals surface area (Å²) in [6, 6.07) is 99.8. The maximum absolute atomic E-state index is 7.77. The summed E-state index contributed by atoms with van der Waals surface area (Å²) in [5.74, 6) is 7.70. The highest BCUT2D eigenvalue weighted by atomic mass is 32.1. The van der Waals surface area contributed by atoms with E-state index in [1.54, 1.807) is 0 Å². The molecule has 9 nitrogen and oxygen atoms in total. The van der Waals surface area contributed by atoms with Crippen molar-refractivity contribution in [3.8, 4) is 57.5 Å². The molecular formula is C89H67B3N4O5S2. The Labute approximate surface area is 609 Å². The average molecular weight is 1370 g/mol. The Morgan fingerprint density at radius 3 is 0.990 bits per heavy atom. The van der Waals surface area contributed by atoms with Gasteiger partial charge >= 0.3 is 0 Å². The summed E-state index contributed by atoms with van der Waals surface area (Å²) in [4.78, 5) is 11.9. The molecule has 103 heavy (non-hydrogen) atoms. The van der Waals surface area contributed by atoms with Crippen molar-refractivity contribution in [1.29, 1.82) is 0 Å². The number of ether oxygens (including phenoxy) is 5. The van der Waals surface area contributed by atoms with Crippen LogP contribution in [0.2, 0.25) is 0 Å². The predicted octanol–water partition coefficient (Wildman–Crippen LogP) is 19.0. The summed E-state index contributed by atoms with van der Waals surface area (Å²) in [6.45, 7) is 15.1. The summed E-state index contributed by atoms with van der Waals surface area (Å²) in [6.07, 6.45) is 0. The van der Waals surface area contributed by atoms with E-state index in [0.717, 1.165) is 163 Å². The number of para-hydroxylation sites is 7. The number of thiophene rings is 2. The van der Waals surface area contributed by atoms with Crippen LogP contribution >= 0.6 is 22.7 Å². The van der Waals surface area contributed by atoms with Gasteiger partial charge in [-0.1, -0.05) is 181 Å². The zero-order chi connectivity index (χ0) is 69.1. The van der Waals surface area contributed by atoms with Gasteiger partial charge in [-0.15, -0.1) is 22.7 Å². The van der Waals surface area contributed by atoms with Crippen LogP contribution in [-0.2, 0) is 10.8 Å². The fourth-order valence-electron chi connectivity index (χ4n) is 16.2. The summed E-state index contributed by atoms with van der Waals surface area (Å²) < 4.78 is 39.9. The minimum Gasteiger partial charge on any atom is -0.458 e. The van der Waals surface area contributed by atoms with Crippen molar-refractivity contribution in [2.24, 2.45) is 0 Å². The smallest absolute Gasteiger partial charge is 0.273 e. The minimum atomic E-state index is -0.376. The molecule has 6 aliphatic rings. The zero-order valence-corrected chi connectivity index (χ0v) is 59.6. The monoisotopic (exact) mass is 1370 g/mol. The summed E-state index contributed by atoms with van der Waals surface area (Å²) >= 11 is 3.70. The molecule has 0 saturated heterocycles. The van der Waals surface area contributed by atoms with Gasteiger partial charge in [0.25, 0.3) is 20.1 Å². The maximum atomic E-state index is 7.77. The molecule has 0 spiro atoms. The third-order valence-electron chi connectivity index (χ3n) is 20.9. The van der Waals surface area contributed by atoms with Gasteiger partial charge in [0.2, 0.25) is 0 Å². The number of nitrogens with zero attached hydrogens (tertiary/aromatic N) is 4. The second-order valence-electron chi connectivity index (χ2n) is 29.6. The van der Waals surface area contributed by atoms with Gasteiger partial charge < -0.3 is 43.3 Å². The molecule has 0 atom stereocenters. The van der Waals surface area contributed by atoms with E-state index in [1.165, 1.54) is 14.5 Å². The number of aryl methyl sites for hydroxylation is 1. The normalized spacial score (nSPS) is 13.5. The third kappa shape index (κ3) is 9.89. The molecule has 2 aromatic heterocycles. The fraction of sp³-hybridized carbons (Fsp3) is 0.101. The van der Waals surface area contributed by atoms with Gasteiger partial charge in [-0.3, -0.25) is 0 Å². The lowest BCUT2D eigenvalue weighted by Crippen LogP contribution is -2.63. The molecule has 0 fully saturated rings. The molecule has 0 amide bonds. The quantitative estimate of drug-likeness (QED) is 0.125. The minimum absolute atomic E-state index is 0.146. The first-order valence-electron chi connectivity index (χ1n) is 35.4. The highest BCUT2D eigenvalue weighted by Gasteiger charge is 2.51. The molecule has 14 heteroatoms. The largest absolute Gasteiger partial charge is 0.458 e. The summed E-state index contributed by atoms with van der Waals surface area (Å²) in [5, 5.41) is 0. The number of rotatable bonds is 10. The molecule has 14 aromatic rings. The topological polar surface area (TPSA) is 59.1 Å². The Morgan fingerprint density at radius 2 is 0.592 bits per heavy atom. The van der Waals surface area contributed by atoms with E-state index < -0.39 is 0 Å². The number of hydrogen-bond acceptors (Lipinski definition) is 11. The standard InChI is InChI=1S/C89H67B3N4O5S2/c1-54-28-26-27-41-68(54)96-69-50-71-65(48-64(69)91-83-70(96)42-61(43-74(83)100-79-52-81(88(2,3)4)102-86(79)91)93(55-29-14-8-15-30-55)56-31-16-9-17-32-56)90-66-49-67-73(51-72(66)98-76-45-62(44-75(97-71)84(76)90)94(57-33-18-10-19-34-57)58-35-20-11-21-36-58)99-77-46-63(95(59-37-22-12-23-38-59)60-39-24-13-25-40-60)47-78-85(77)92(67)87-80(101-78)53-82(103-87)89(5,6)7/h8-53H,1-7H3.